The van der Waals surface area contributed by atoms with Crippen LogP contribution in [0.4, 0.5) is 0 Å². The Bertz CT molecular complexity index is 692. The zero-order valence-corrected chi connectivity index (χ0v) is 14.4. The van der Waals surface area contributed by atoms with Crippen molar-refractivity contribution in [2.24, 2.45) is 28.3 Å². The third kappa shape index (κ3) is 2.90. The fourth-order valence-corrected chi connectivity index (χ4v) is 6.06. The normalized spacial score (nSPS) is 34.6. The van der Waals surface area contributed by atoms with Crippen LogP contribution in [0.25, 0.3) is 0 Å². The van der Waals surface area contributed by atoms with Gasteiger partial charge in [0.05, 0.1) is 6.21 Å². The highest BCUT2D eigenvalue weighted by Gasteiger charge is 2.51. The Morgan fingerprint density at radius 2 is 1.80 bits per heavy atom. The van der Waals surface area contributed by atoms with Gasteiger partial charge in [-0.1, -0.05) is 0 Å². The highest BCUT2D eigenvalue weighted by atomic mass is 16.7. The second-order valence-corrected chi connectivity index (χ2v) is 8.50. The lowest BCUT2D eigenvalue weighted by atomic mass is 9.49. The van der Waals surface area contributed by atoms with Crippen LogP contribution in [0.1, 0.15) is 50.5 Å². The third-order valence-corrected chi connectivity index (χ3v) is 6.50. The lowest BCUT2D eigenvalue weighted by Crippen LogP contribution is -2.47. The molecule has 4 bridgehead atoms. The average molecular weight is 340 g/mol. The Balaban J connectivity index is 1.20. The van der Waals surface area contributed by atoms with Gasteiger partial charge in [0.2, 0.25) is 12.7 Å². The first-order valence-corrected chi connectivity index (χ1v) is 9.39. The zero-order chi connectivity index (χ0) is 16.9. The number of rotatable bonds is 4. The molecule has 1 heterocycles. The molecule has 4 fully saturated rings. The van der Waals surface area contributed by atoms with Gasteiger partial charge < -0.3 is 9.47 Å². The minimum atomic E-state index is 0.0546. The molecule has 6 rings (SSSR count). The van der Waals surface area contributed by atoms with Crippen LogP contribution in [0.2, 0.25) is 0 Å². The van der Waals surface area contributed by atoms with Crippen molar-refractivity contribution in [3.05, 3.63) is 23.8 Å². The molecule has 5 nitrogen and oxygen atoms in total. The summed E-state index contributed by atoms with van der Waals surface area (Å²) in [6.45, 7) is 0.262. The molecule has 4 aliphatic carbocycles. The van der Waals surface area contributed by atoms with Crippen LogP contribution in [-0.4, -0.2) is 18.9 Å². The number of nitrogens with zero attached hydrogens (tertiary/aromatic N) is 1. The Morgan fingerprint density at radius 3 is 2.52 bits per heavy atom. The number of hydrogen-bond donors (Lipinski definition) is 1. The van der Waals surface area contributed by atoms with E-state index in [1.165, 1.54) is 38.5 Å². The SMILES string of the molecule is O=C(CC12CC3CC(CC(C3)C1)C2)N/N=C/c1ccc2c(c1)OCO2. The fraction of sp³-hybridized carbons (Fsp3) is 0.600. The Hall–Kier alpha value is -2.04. The standard InChI is InChI=1S/C20H24N2O3/c23-19(10-20-7-14-3-15(8-20)5-16(4-14)9-20)22-21-11-13-1-2-17-18(6-13)25-12-24-17/h1-2,6,11,14-16H,3-5,7-10,12H2,(H,22,23)/b21-11+. The van der Waals surface area contributed by atoms with Crippen LogP contribution < -0.4 is 14.9 Å². The second-order valence-electron chi connectivity index (χ2n) is 8.50. The monoisotopic (exact) mass is 340 g/mol. The smallest absolute Gasteiger partial charge is 0.240 e. The number of carbonyl (C=O) groups is 1. The molecule has 1 N–H and O–H groups in total. The Kier molecular flexibility index (Phi) is 3.50. The van der Waals surface area contributed by atoms with E-state index in [1.807, 2.05) is 18.2 Å². The van der Waals surface area contributed by atoms with Gasteiger partial charge in [0.25, 0.3) is 0 Å². The van der Waals surface area contributed by atoms with Crippen molar-refractivity contribution in [2.45, 2.75) is 44.9 Å². The predicted octanol–water partition coefficient (Wildman–Crippen LogP) is 3.47. The summed E-state index contributed by atoms with van der Waals surface area (Å²) in [7, 11) is 0. The first-order chi connectivity index (χ1) is 12.2. The molecular weight excluding hydrogens is 316 g/mol. The summed E-state index contributed by atoms with van der Waals surface area (Å²) in [5.41, 5.74) is 3.88. The predicted molar refractivity (Wildman–Crippen MR) is 93.5 cm³/mol. The van der Waals surface area contributed by atoms with Gasteiger partial charge in [0, 0.05) is 6.42 Å². The highest BCUT2D eigenvalue weighted by molar-refractivity contribution is 5.83. The first-order valence-electron chi connectivity index (χ1n) is 9.39. The topological polar surface area (TPSA) is 59.9 Å². The molecule has 0 saturated heterocycles. The van der Waals surface area contributed by atoms with Gasteiger partial charge in [0.15, 0.2) is 11.5 Å². The fourth-order valence-electron chi connectivity index (χ4n) is 6.06. The van der Waals surface area contributed by atoms with Gasteiger partial charge in [-0.25, -0.2) is 5.43 Å². The van der Waals surface area contributed by atoms with E-state index in [2.05, 4.69) is 10.5 Å². The van der Waals surface area contributed by atoms with Crippen LogP contribution in [0.3, 0.4) is 0 Å². The van der Waals surface area contributed by atoms with E-state index in [0.29, 0.717) is 6.42 Å². The molecule has 0 aromatic heterocycles. The number of hydrazone groups is 1. The summed E-state index contributed by atoms with van der Waals surface area (Å²) < 4.78 is 10.6. The molecule has 0 atom stereocenters. The van der Waals surface area contributed by atoms with E-state index in [4.69, 9.17) is 9.47 Å². The van der Waals surface area contributed by atoms with E-state index >= 15 is 0 Å². The number of carbonyl (C=O) groups excluding carboxylic acids is 1. The van der Waals surface area contributed by atoms with Crippen LogP contribution in [0.5, 0.6) is 11.5 Å². The summed E-state index contributed by atoms with van der Waals surface area (Å²) in [6.07, 6.45) is 10.3. The summed E-state index contributed by atoms with van der Waals surface area (Å²) in [5.74, 6) is 4.15. The molecule has 1 aromatic carbocycles. The molecule has 5 aliphatic rings. The molecule has 0 unspecified atom stereocenters. The van der Waals surface area contributed by atoms with Crippen molar-refractivity contribution in [3.8, 4) is 11.5 Å². The van der Waals surface area contributed by atoms with Crippen molar-refractivity contribution in [3.63, 3.8) is 0 Å². The van der Waals surface area contributed by atoms with Crippen LogP contribution in [0.15, 0.2) is 23.3 Å². The van der Waals surface area contributed by atoms with Crippen molar-refractivity contribution in [1.82, 2.24) is 5.43 Å². The largest absolute Gasteiger partial charge is 0.454 e. The van der Waals surface area contributed by atoms with E-state index in [-0.39, 0.29) is 18.1 Å². The maximum absolute atomic E-state index is 12.4. The van der Waals surface area contributed by atoms with Gasteiger partial charge in [0.1, 0.15) is 0 Å². The maximum atomic E-state index is 12.4. The minimum absolute atomic E-state index is 0.0546. The molecule has 1 aromatic rings. The van der Waals surface area contributed by atoms with E-state index in [0.717, 1.165) is 34.8 Å². The van der Waals surface area contributed by atoms with Crippen molar-refractivity contribution < 1.29 is 14.3 Å². The van der Waals surface area contributed by atoms with E-state index < -0.39 is 0 Å². The van der Waals surface area contributed by atoms with Gasteiger partial charge in [-0.3, -0.25) is 4.79 Å². The number of benzene rings is 1. The molecule has 0 spiro atoms. The molecule has 132 valence electrons. The van der Waals surface area contributed by atoms with Crippen molar-refractivity contribution in [2.75, 3.05) is 6.79 Å². The summed E-state index contributed by atoms with van der Waals surface area (Å²) in [4.78, 5) is 12.4. The van der Waals surface area contributed by atoms with E-state index in [1.54, 1.807) is 6.21 Å². The number of fused-ring (bicyclic) bond motifs is 1. The lowest BCUT2D eigenvalue weighted by Gasteiger charge is -2.56. The van der Waals surface area contributed by atoms with Gasteiger partial charge in [-0.05, 0) is 85.5 Å². The van der Waals surface area contributed by atoms with Crippen LogP contribution in [-0.2, 0) is 4.79 Å². The van der Waals surface area contributed by atoms with Gasteiger partial charge >= 0.3 is 0 Å². The highest BCUT2D eigenvalue weighted by Crippen LogP contribution is 2.61. The van der Waals surface area contributed by atoms with E-state index in [9.17, 15) is 4.79 Å². The lowest BCUT2D eigenvalue weighted by molar-refractivity contribution is -0.129. The first kappa shape index (κ1) is 15.2. The van der Waals surface area contributed by atoms with Crippen molar-refractivity contribution >= 4 is 12.1 Å². The zero-order valence-electron chi connectivity index (χ0n) is 14.4. The summed E-state index contributed by atoms with van der Waals surface area (Å²) >= 11 is 0. The molecule has 4 saturated carbocycles. The Labute approximate surface area is 147 Å². The number of amides is 1. The van der Waals surface area contributed by atoms with Gasteiger partial charge in [-0.2, -0.15) is 5.10 Å². The minimum Gasteiger partial charge on any atom is -0.454 e. The maximum Gasteiger partial charge on any atom is 0.240 e. The molecule has 1 amide bonds. The molecule has 0 radical (unpaired) electrons. The number of nitrogens with one attached hydrogen (secondary N) is 1. The third-order valence-electron chi connectivity index (χ3n) is 6.50. The van der Waals surface area contributed by atoms with Crippen LogP contribution >= 0.6 is 0 Å². The second kappa shape index (κ2) is 5.75. The Morgan fingerprint density at radius 1 is 1.12 bits per heavy atom. The van der Waals surface area contributed by atoms with Crippen molar-refractivity contribution in [1.29, 1.82) is 0 Å². The summed E-state index contributed by atoms with van der Waals surface area (Å²) in [6, 6.07) is 5.64. The molecule has 5 heteroatoms. The average Bonchev–Trinajstić information content (AvgIpc) is 3.00. The quantitative estimate of drug-likeness (QED) is 0.674. The molecular formula is C20H24N2O3. The molecule has 25 heavy (non-hydrogen) atoms. The van der Waals surface area contributed by atoms with Crippen LogP contribution in [0, 0.1) is 23.2 Å². The number of ether oxygens (including phenoxy) is 2. The van der Waals surface area contributed by atoms with Gasteiger partial charge in [-0.15, -0.1) is 0 Å². The summed E-state index contributed by atoms with van der Waals surface area (Å²) in [5, 5.41) is 4.14. The number of hydrogen-bond acceptors (Lipinski definition) is 4. The molecule has 1 aliphatic heterocycles.